The predicted octanol–water partition coefficient (Wildman–Crippen LogP) is 5.73. The number of nitrogens with zero attached hydrogens (tertiary/aromatic N) is 2. The molecule has 2 aromatic carbocycles. The Morgan fingerprint density at radius 2 is 1.55 bits per heavy atom. The average molecular weight is 523 g/mol. The Kier molecular flexibility index (Phi) is 10.8. The van der Waals surface area contributed by atoms with Crippen LogP contribution in [-0.2, 0) is 9.59 Å². The highest BCUT2D eigenvalue weighted by atomic mass is 16.5. The maximum atomic E-state index is 13.3. The van der Waals surface area contributed by atoms with Gasteiger partial charge in [-0.05, 0) is 75.3 Å². The number of likely N-dealkylation sites (tertiary alicyclic amines) is 1. The second-order valence-electron chi connectivity index (χ2n) is 10.1. The highest BCUT2D eigenvalue weighted by molar-refractivity contribution is 6.46. The van der Waals surface area contributed by atoms with Crippen molar-refractivity contribution in [2.75, 3.05) is 40.4 Å². The quantitative estimate of drug-likeness (QED) is 0.148. The van der Waals surface area contributed by atoms with Crippen molar-refractivity contribution >= 4 is 17.4 Å². The van der Waals surface area contributed by atoms with E-state index >= 15 is 0 Å². The van der Waals surface area contributed by atoms with Crippen molar-refractivity contribution in [2.24, 2.45) is 0 Å². The van der Waals surface area contributed by atoms with Crippen molar-refractivity contribution in [3.8, 4) is 11.5 Å². The van der Waals surface area contributed by atoms with Gasteiger partial charge in [0.1, 0.15) is 17.3 Å². The van der Waals surface area contributed by atoms with Crippen molar-refractivity contribution in [1.29, 1.82) is 0 Å². The van der Waals surface area contributed by atoms with Gasteiger partial charge in [-0.1, -0.05) is 45.2 Å². The minimum absolute atomic E-state index is 0.105. The Morgan fingerprint density at radius 3 is 2.18 bits per heavy atom. The number of carbonyl (C=O) groups excluding carboxylic acids is 2. The van der Waals surface area contributed by atoms with Crippen LogP contribution in [0, 0.1) is 6.92 Å². The van der Waals surface area contributed by atoms with Gasteiger partial charge in [-0.15, -0.1) is 0 Å². The predicted molar refractivity (Wildman–Crippen MR) is 151 cm³/mol. The first kappa shape index (κ1) is 29.2. The zero-order chi connectivity index (χ0) is 27.7. The van der Waals surface area contributed by atoms with Gasteiger partial charge in [0.2, 0.25) is 0 Å². The summed E-state index contributed by atoms with van der Waals surface area (Å²) in [5.74, 6) is 0.0112. The Bertz CT molecular complexity index is 1120. The van der Waals surface area contributed by atoms with E-state index in [0.29, 0.717) is 37.6 Å². The number of rotatable bonds is 14. The summed E-state index contributed by atoms with van der Waals surface area (Å²) in [6, 6.07) is 12.2. The molecule has 38 heavy (non-hydrogen) atoms. The summed E-state index contributed by atoms with van der Waals surface area (Å²) in [6.07, 6.45) is 5.23. The zero-order valence-electron chi connectivity index (χ0n) is 23.5. The van der Waals surface area contributed by atoms with E-state index in [1.807, 2.05) is 56.3 Å². The van der Waals surface area contributed by atoms with Crippen molar-refractivity contribution < 1.29 is 24.2 Å². The number of ether oxygens (including phenoxy) is 2. The molecule has 1 unspecified atom stereocenters. The van der Waals surface area contributed by atoms with E-state index < -0.39 is 17.7 Å². The fourth-order valence-corrected chi connectivity index (χ4v) is 4.52. The van der Waals surface area contributed by atoms with Crippen LogP contribution in [0.2, 0.25) is 0 Å². The minimum atomic E-state index is -0.691. The lowest BCUT2D eigenvalue weighted by molar-refractivity contribution is -0.140. The maximum absolute atomic E-state index is 13.3. The van der Waals surface area contributed by atoms with Gasteiger partial charge in [-0.3, -0.25) is 9.59 Å². The molecule has 2 aromatic rings. The van der Waals surface area contributed by atoms with Gasteiger partial charge in [0.25, 0.3) is 11.7 Å². The molecular weight excluding hydrogens is 480 g/mol. The van der Waals surface area contributed by atoms with Gasteiger partial charge in [0, 0.05) is 18.7 Å². The van der Waals surface area contributed by atoms with Crippen LogP contribution in [0.5, 0.6) is 11.5 Å². The lowest BCUT2D eigenvalue weighted by Crippen LogP contribution is -2.35. The first-order valence-electron chi connectivity index (χ1n) is 13.7. The van der Waals surface area contributed by atoms with Gasteiger partial charge in [0.15, 0.2) is 0 Å². The van der Waals surface area contributed by atoms with E-state index in [1.165, 1.54) is 0 Å². The number of unbranched alkanes of at least 4 members (excludes halogenated alkanes) is 3. The van der Waals surface area contributed by atoms with E-state index in [1.54, 1.807) is 17.0 Å². The Hall–Kier alpha value is -3.32. The van der Waals surface area contributed by atoms with Crippen LogP contribution in [0.1, 0.15) is 68.7 Å². The standard InChI is InChI=1S/C31H42N2O5/c1-6-8-10-20-37-24-13-11-23(12-14-24)28-27(30(35)31(36)33(28)18-17-32(4)5)29(34)26-16-15-25(21-22(26)3)38-19-9-7-2/h11-16,21,28,34H,6-10,17-20H2,1-5H3. The molecule has 1 atom stereocenters. The SMILES string of the molecule is CCCCCOc1ccc(C2C(=C(O)c3ccc(OCCCC)cc3C)C(=O)C(=O)N2CCN(C)C)cc1. The third-order valence-electron chi connectivity index (χ3n) is 6.76. The van der Waals surface area contributed by atoms with E-state index in [-0.39, 0.29) is 11.3 Å². The number of Topliss-reactive ketones (excluding diaryl/α,β-unsaturated/α-hetero) is 1. The molecule has 0 aliphatic carbocycles. The molecule has 0 saturated carbocycles. The van der Waals surface area contributed by atoms with Gasteiger partial charge in [-0.2, -0.15) is 0 Å². The highest BCUT2D eigenvalue weighted by Gasteiger charge is 2.46. The summed E-state index contributed by atoms with van der Waals surface area (Å²) in [5, 5.41) is 11.4. The molecule has 0 aromatic heterocycles. The Morgan fingerprint density at radius 1 is 0.921 bits per heavy atom. The highest BCUT2D eigenvalue weighted by Crippen LogP contribution is 2.40. The lowest BCUT2D eigenvalue weighted by Gasteiger charge is -2.27. The number of hydrogen-bond donors (Lipinski definition) is 1. The molecule has 1 fully saturated rings. The van der Waals surface area contributed by atoms with Crippen molar-refractivity contribution in [1.82, 2.24) is 9.80 Å². The maximum Gasteiger partial charge on any atom is 0.295 e. The van der Waals surface area contributed by atoms with Crippen molar-refractivity contribution in [3.05, 3.63) is 64.7 Å². The zero-order valence-corrected chi connectivity index (χ0v) is 23.5. The molecule has 0 radical (unpaired) electrons. The summed E-state index contributed by atoms with van der Waals surface area (Å²) in [4.78, 5) is 30.0. The molecule has 206 valence electrons. The normalized spacial score (nSPS) is 16.9. The number of likely N-dealkylation sites (N-methyl/N-ethyl adjacent to an activating group) is 1. The van der Waals surface area contributed by atoms with Gasteiger partial charge < -0.3 is 24.4 Å². The number of ketones is 1. The van der Waals surface area contributed by atoms with E-state index in [0.717, 1.165) is 49.0 Å². The van der Waals surface area contributed by atoms with Gasteiger partial charge >= 0.3 is 0 Å². The summed E-state index contributed by atoms with van der Waals surface area (Å²) in [6.45, 7) is 8.33. The molecule has 1 aliphatic heterocycles. The van der Waals surface area contributed by atoms with Crippen LogP contribution >= 0.6 is 0 Å². The van der Waals surface area contributed by atoms with E-state index in [9.17, 15) is 14.7 Å². The summed E-state index contributed by atoms with van der Waals surface area (Å²) in [5.41, 5.74) is 2.14. The Balaban J connectivity index is 1.97. The Labute approximate surface area is 227 Å². The number of amides is 1. The molecule has 1 amide bonds. The second-order valence-corrected chi connectivity index (χ2v) is 10.1. The lowest BCUT2D eigenvalue weighted by atomic mass is 9.94. The molecule has 0 spiro atoms. The van der Waals surface area contributed by atoms with Crippen molar-refractivity contribution in [2.45, 2.75) is 58.9 Å². The number of aliphatic hydroxyl groups is 1. The smallest absolute Gasteiger partial charge is 0.295 e. The van der Waals surface area contributed by atoms with E-state index in [4.69, 9.17) is 9.47 Å². The number of aliphatic hydroxyl groups excluding tert-OH is 1. The topological polar surface area (TPSA) is 79.3 Å². The first-order valence-corrected chi connectivity index (χ1v) is 13.7. The number of benzene rings is 2. The van der Waals surface area contributed by atoms with Gasteiger partial charge in [-0.25, -0.2) is 0 Å². The van der Waals surface area contributed by atoms with Crippen LogP contribution in [-0.4, -0.2) is 67.0 Å². The molecule has 3 rings (SSSR count). The van der Waals surface area contributed by atoms with Crippen molar-refractivity contribution in [3.63, 3.8) is 0 Å². The number of aryl methyl sites for hydroxylation is 1. The molecule has 1 N–H and O–H groups in total. The largest absolute Gasteiger partial charge is 0.507 e. The molecule has 1 saturated heterocycles. The molecule has 7 nitrogen and oxygen atoms in total. The molecule has 7 heteroatoms. The van der Waals surface area contributed by atoms with Crippen LogP contribution < -0.4 is 9.47 Å². The van der Waals surface area contributed by atoms with Crippen LogP contribution in [0.25, 0.3) is 5.76 Å². The molecule has 0 bridgehead atoms. The number of carbonyl (C=O) groups is 2. The summed E-state index contributed by atoms with van der Waals surface area (Å²) >= 11 is 0. The van der Waals surface area contributed by atoms with Gasteiger partial charge in [0.05, 0.1) is 24.8 Å². The fraction of sp³-hybridized carbons (Fsp3) is 0.484. The average Bonchev–Trinajstić information content (AvgIpc) is 3.15. The summed E-state index contributed by atoms with van der Waals surface area (Å²) in [7, 11) is 3.84. The van der Waals surface area contributed by atoms with Crippen LogP contribution in [0.4, 0.5) is 0 Å². The summed E-state index contributed by atoms with van der Waals surface area (Å²) < 4.78 is 11.6. The van der Waals surface area contributed by atoms with Crippen LogP contribution in [0.3, 0.4) is 0 Å². The molecule has 1 heterocycles. The first-order chi connectivity index (χ1) is 18.3. The monoisotopic (exact) mass is 522 g/mol. The van der Waals surface area contributed by atoms with E-state index in [2.05, 4.69) is 13.8 Å². The fourth-order valence-electron chi connectivity index (χ4n) is 4.52. The third-order valence-corrected chi connectivity index (χ3v) is 6.76. The third kappa shape index (κ3) is 7.16. The number of hydrogen-bond acceptors (Lipinski definition) is 6. The van der Waals surface area contributed by atoms with Crippen LogP contribution in [0.15, 0.2) is 48.0 Å². The minimum Gasteiger partial charge on any atom is -0.507 e. The molecule has 1 aliphatic rings. The second kappa shape index (κ2) is 14.0. The molecular formula is C31H42N2O5.